The van der Waals surface area contributed by atoms with Gasteiger partial charge >= 0.3 is 0 Å². The van der Waals surface area contributed by atoms with E-state index >= 15 is 0 Å². The van der Waals surface area contributed by atoms with Crippen molar-refractivity contribution < 1.29 is 14.5 Å². The van der Waals surface area contributed by atoms with Gasteiger partial charge in [-0.15, -0.1) is 0 Å². The number of hydrogen-bond acceptors (Lipinski definition) is 9. The van der Waals surface area contributed by atoms with Crippen LogP contribution in [-0.2, 0) is 0 Å². The van der Waals surface area contributed by atoms with Gasteiger partial charge in [0.1, 0.15) is 5.69 Å². The second kappa shape index (κ2) is 8.87. The zero-order valence-corrected chi connectivity index (χ0v) is 22.4. The third kappa shape index (κ3) is 4.00. The highest BCUT2D eigenvalue weighted by molar-refractivity contribution is 6.30. The van der Waals surface area contributed by atoms with Crippen LogP contribution in [0.2, 0.25) is 0 Å². The fourth-order valence-electron chi connectivity index (χ4n) is 5.89. The number of hydrogen-bond donors (Lipinski definition) is 1. The van der Waals surface area contributed by atoms with E-state index in [9.17, 15) is 24.9 Å². The van der Waals surface area contributed by atoms with Crippen molar-refractivity contribution in [2.45, 2.75) is 27.2 Å². The number of Topliss-reactive ketones (excluding diaryl/α,β-unsaturated/α-hetero) is 2. The van der Waals surface area contributed by atoms with Crippen LogP contribution in [0.25, 0.3) is 0 Å². The Morgan fingerprint density at radius 1 is 0.974 bits per heavy atom. The average molecular weight is 533 g/mol. The lowest BCUT2D eigenvalue weighted by atomic mass is 9.90. The molecule has 1 unspecified atom stereocenters. The van der Waals surface area contributed by atoms with Crippen molar-refractivity contribution in [1.82, 2.24) is 14.7 Å². The monoisotopic (exact) mass is 532 g/mol. The highest BCUT2D eigenvalue weighted by Gasteiger charge is 2.61. The molecule has 1 N–H and O–H groups in total. The summed E-state index contributed by atoms with van der Waals surface area (Å²) >= 11 is 0. The van der Waals surface area contributed by atoms with Crippen LogP contribution in [0.3, 0.4) is 0 Å². The van der Waals surface area contributed by atoms with Gasteiger partial charge < -0.3 is 15.4 Å². The molecule has 204 valence electrons. The van der Waals surface area contributed by atoms with Crippen LogP contribution < -0.4 is 15.0 Å². The molecule has 0 radical (unpaired) electrons. The van der Waals surface area contributed by atoms with Crippen molar-refractivity contribution in [1.29, 1.82) is 0 Å². The zero-order valence-electron chi connectivity index (χ0n) is 22.4. The Morgan fingerprint density at radius 3 is 2.41 bits per heavy atom. The predicted molar refractivity (Wildman–Crippen MR) is 148 cm³/mol. The second-order valence-corrected chi connectivity index (χ2v) is 11.8. The molecule has 11 nitrogen and oxygen atoms in total. The van der Waals surface area contributed by atoms with E-state index < -0.39 is 4.76 Å². The van der Waals surface area contributed by atoms with Crippen LogP contribution in [0.5, 0.6) is 0 Å². The molecule has 39 heavy (non-hydrogen) atoms. The molecule has 0 saturated carbocycles. The number of rotatable bonds is 8. The van der Waals surface area contributed by atoms with E-state index in [0.29, 0.717) is 42.0 Å². The highest BCUT2D eigenvalue weighted by atomic mass is 16.6. The number of anilines is 2. The first kappa shape index (κ1) is 25.5. The molecule has 1 saturated heterocycles. The molecule has 9 rings (SSSR count). The molecule has 1 aliphatic carbocycles. The lowest BCUT2D eigenvalue weighted by molar-refractivity contribution is -0.384. The Bertz CT molecular complexity index is 1440. The van der Waals surface area contributed by atoms with Gasteiger partial charge in [0.25, 0.3) is 11.5 Å². The molecule has 2 aromatic carbocycles. The maximum Gasteiger partial charge on any atom is 0.292 e. The maximum atomic E-state index is 13.8. The van der Waals surface area contributed by atoms with Crippen molar-refractivity contribution in [3.8, 4) is 0 Å². The minimum atomic E-state index is -0.955. The summed E-state index contributed by atoms with van der Waals surface area (Å²) in [5.74, 6) is -0.554. The lowest BCUT2D eigenvalue weighted by Crippen LogP contribution is -2.67. The number of carbonyl (C=O) groups is 2. The normalized spacial score (nSPS) is 21.9. The quantitative estimate of drug-likeness (QED) is 0.233. The van der Waals surface area contributed by atoms with Gasteiger partial charge in [-0.05, 0) is 30.0 Å². The molecule has 6 bridgehead atoms. The molecular weight excluding hydrogens is 500 g/mol. The lowest BCUT2D eigenvalue weighted by Gasteiger charge is -2.55. The van der Waals surface area contributed by atoms with E-state index in [-0.39, 0.29) is 39.0 Å². The van der Waals surface area contributed by atoms with Gasteiger partial charge in [-0.2, -0.15) is 4.76 Å². The molecule has 1 fully saturated rings. The molecule has 0 spiro atoms. The van der Waals surface area contributed by atoms with E-state index in [0.717, 1.165) is 38.4 Å². The van der Waals surface area contributed by atoms with Crippen LogP contribution >= 0.6 is 0 Å². The summed E-state index contributed by atoms with van der Waals surface area (Å²) in [5, 5.41) is 30.1. The summed E-state index contributed by atoms with van der Waals surface area (Å²) in [6.45, 7) is 11.2. The molecular formula is C28H32N6O5. The number of piperazine rings is 1. The van der Waals surface area contributed by atoms with E-state index in [4.69, 9.17) is 0 Å². The standard InChI is InChI=1S/C28H32N6O5/c1-28(2,3)17-29-22-15-18(5-8-23(22)33(37)38)31-13-11-30(12-14-31)9-4-10-32-24-25-27(36)20-7-6-19(34(25,32)39)16-21(20)26(24)35/h5-8,15-16,29H,4,9-14,17H2,1-3H3. The zero-order chi connectivity index (χ0) is 27.7. The maximum absolute atomic E-state index is 13.8. The van der Waals surface area contributed by atoms with Crippen LogP contribution in [0.4, 0.5) is 22.7 Å². The number of nitro benzene ring substituents is 1. The van der Waals surface area contributed by atoms with Gasteiger partial charge in [0.2, 0.25) is 17.2 Å². The van der Waals surface area contributed by atoms with E-state index in [1.807, 2.05) is 6.07 Å². The topological polar surface area (TPSA) is 122 Å². The van der Waals surface area contributed by atoms with Gasteiger partial charge in [0.15, 0.2) is 5.69 Å². The number of ketones is 2. The Morgan fingerprint density at radius 2 is 1.72 bits per heavy atom. The fourth-order valence-corrected chi connectivity index (χ4v) is 5.89. The van der Waals surface area contributed by atoms with Crippen LogP contribution in [-0.4, -0.2) is 72.2 Å². The summed E-state index contributed by atoms with van der Waals surface area (Å²) in [6, 6.07) is 10.1. The van der Waals surface area contributed by atoms with Crippen LogP contribution in [0.15, 0.2) is 47.8 Å². The third-order valence-electron chi connectivity index (χ3n) is 7.97. The minimum Gasteiger partial charge on any atom is -0.596 e. The SMILES string of the molecule is CC(C)(C)CNc1cc(N2CCN(CCCN3C4=C5C(=O)c6ccc(cc6C4=O)[N+]53[O-])CC2)ccc1[N+](=O)[O-]. The summed E-state index contributed by atoms with van der Waals surface area (Å²) in [4.78, 5) is 41.5. The van der Waals surface area contributed by atoms with E-state index in [1.54, 1.807) is 30.3 Å². The number of quaternary nitrogens is 1. The second-order valence-electron chi connectivity index (χ2n) is 11.8. The van der Waals surface area contributed by atoms with Gasteiger partial charge in [-0.3, -0.25) is 24.6 Å². The number of nitrogens with zero attached hydrogens (tertiary/aromatic N) is 5. The number of carbonyl (C=O) groups excluding carboxylic acids is 2. The Kier molecular flexibility index (Phi) is 5.79. The first-order chi connectivity index (χ1) is 18.5. The number of hydroxylamine groups is 1. The number of nitrogens with one attached hydrogen (secondary N) is 1. The molecule has 6 aliphatic heterocycles. The van der Waals surface area contributed by atoms with Crippen molar-refractivity contribution >= 4 is 34.3 Å². The fraction of sp³-hybridized carbons (Fsp3) is 0.429. The Labute approximate surface area is 226 Å². The summed E-state index contributed by atoms with van der Waals surface area (Å²) in [7, 11) is 0. The van der Waals surface area contributed by atoms with Crippen molar-refractivity contribution in [3.63, 3.8) is 0 Å². The molecule has 11 heteroatoms. The summed E-state index contributed by atoms with van der Waals surface area (Å²) in [5.41, 5.74) is 2.95. The average Bonchev–Trinajstić information content (AvgIpc) is 3.10. The number of benzene rings is 2. The minimum absolute atomic E-state index is 0.0154. The van der Waals surface area contributed by atoms with Crippen molar-refractivity contribution in [2.24, 2.45) is 5.41 Å². The van der Waals surface area contributed by atoms with Crippen molar-refractivity contribution in [2.75, 3.05) is 56.0 Å². The van der Waals surface area contributed by atoms with Crippen LogP contribution in [0, 0.1) is 20.7 Å². The van der Waals surface area contributed by atoms with E-state index in [1.165, 1.54) is 5.01 Å². The predicted octanol–water partition coefficient (Wildman–Crippen LogP) is 3.91. The summed E-state index contributed by atoms with van der Waals surface area (Å²) < 4.78 is -0.955. The Balaban J connectivity index is 1.06. The number of fused-ring (bicyclic) bond motifs is 1. The molecule has 7 aliphatic rings. The van der Waals surface area contributed by atoms with Gasteiger partial charge in [0, 0.05) is 74.3 Å². The number of nitro groups is 1. The largest absolute Gasteiger partial charge is 0.596 e. The molecule has 2 aromatic rings. The first-order valence-electron chi connectivity index (χ1n) is 13.4. The summed E-state index contributed by atoms with van der Waals surface area (Å²) in [6.07, 6.45) is 0.682. The van der Waals surface area contributed by atoms with Crippen LogP contribution in [0.1, 0.15) is 47.9 Å². The highest BCUT2D eigenvalue weighted by Crippen LogP contribution is 2.52. The van der Waals surface area contributed by atoms with Gasteiger partial charge in [-0.25, -0.2) is 5.01 Å². The van der Waals surface area contributed by atoms with Gasteiger partial charge in [-0.1, -0.05) is 20.8 Å². The first-order valence-corrected chi connectivity index (χ1v) is 13.4. The van der Waals surface area contributed by atoms with Gasteiger partial charge in [0.05, 0.1) is 11.5 Å². The molecule has 0 amide bonds. The number of allylic oxidation sites excluding steroid dienone is 2. The third-order valence-corrected chi connectivity index (χ3v) is 7.97. The smallest absolute Gasteiger partial charge is 0.292 e. The van der Waals surface area contributed by atoms with Crippen molar-refractivity contribution in [3.05, 3.63) is 74.2 Å². The molecule has 6 heterocycles. The Hall–Kier alpha value is -3.80. The van der Waals surface area contributed by atoms with E-state index in [2.05, 4.69) is 35.9 Å². The molecule has 1 atom stereocenters. The molecule has 0 aromatic heterocycles.